The summed E-state index contributed by atoms with van der Waals surface area (Å²) in [5.74, 6) is 0.262. The van der Waals surface area contributed by atoms with Crippen LogP contribution in [0.25, 0.3) is 16.3 Å². The number of anilines is 1. The van der Waals surface area contributed by atoms with Crippen LogP contribution in [-0.4, -0.2) is 5.78 Å². The van der Waals surface area contributed by atoms with Gasteiger partial charge in [-0.2, -0.15) is 0 Å². The molecule has 0 saturated carbocycles. The molecule has 1 aliphatic carbocycles. The highest BCUT2D eigenvalue weighted by Gasteiger charge is 2.41. The van der Waals surface area contributed by atoms with Gasteiger partial charge in [-0.1, -0.05) is 78.3 Å². The monoisotopic (exact) mass is 431 g/mol. The number of benzene rings is 3. The Morgan fingerprint density at radius 3 is 2.54 bits per heavy atom. The van der Waals surface area contributed by atoms with Gasteiger partial charge in [-0.15, -0.1) is 0 Å². The summed E-state index contributed by atoms with van der Waals surface area (Å²) in [4.78, 5) is 13.4. The minimum absolute atomic E-state index is 0.0278. The third kappa shape index (κ3) is 2.72. The Morgan fingerprint density at radius 2 is 1.71 bits per heavy atom. The van der Waals surface area contributed by atoms with Crippen LogP contribution in [0, 0.1) is 5.41 Å². The van der Waals surface area contributed by atoms with Gasteiger partial charge in [-0.25, -0.2) is 0 Å². The molecule has 0 spiro atoms. The van der Waals surface area contributed by atoms with Crippen molar-refractivity contribution < 1.29 is 4.79 Å². The van der Waals surface area contributed by atoms with Crippen molar-refractivity contribution in [2.45, 2.75) is 32.7 Å². The molecule has 0 fully saturated rings. The number of carbonyl (C=O) groups is 1. The molecule has 1 aliphatic heterocycles. The van der Waals surface area contributed by atoms with Gasteiger partial charge in [0.2, 0.25) is 0 Å². The van der Waals surface area contributed by atoms with E-state index in [1.165, 1.54) is 21.9 Å². The van der Waals surface area contributed by atoms with Crippen LogP contribution in [0.5, 0.6) is 0 Å². The second kappa shape index (κ2) is 6.31. The van der Waals surface area contributed by atoms with Crippen LogP contribution in [0.4, 0.5) is 5.69 Å². The first kappa shape index (κ1) is 17.7. The molecule has 1 heterocycles. The third-order valence-electron chi connectivity index (χ3n) is 5.96. The van der Waals surface area contributed by atoms with E-state index < -0.39 is 0 Å². The molecule has 0 aromatic heterocycles. The zero-order valence-corrected chi connectivity index (χ0v) is 17.6. The van der Waals surface area contributed by atoms with Crippen LogP contribution in [0.3, 0.4) is 0 Å². The van der Waals surface area contributed by atoms with Crippen LogP contribution in [-0.2, 0) is 4.79 Å². The minimum atomic E-state index is -0.122. The van der Waals surface area contributed by atoms with Crippen molar-refractivity contribution in [3.05, 3.63) is 81.8 Å². The lowest BCUT2D eigenvalue weighted by atomic mass is 9.68. The molecule has 2 aliphatic rings. The van der Waals surface area contributed by atoms with Crippen LogP contribution < -0.4 is 5.32 Å². The van der Waals surface area contributed by atoms with Gasteiger partial charge < -0.3 is 5.32 Å². The van der Waals surface area contributed by atoms with Crippen LogP contribution >= 0.6 is 15.9 Å². The number of fused-ring (bicyclic) bond motifs is 4. The quantitative estimate of drug-likeness (QED) is 0.453. The Morgan fingerprint density at radius 1 is 0.964 bits per heavy atom. The molecule has 1 N–H and O–H groups in total. The van der Waals surface area contributed by atoms with Gasteiger partial charge in [-0.3, -0.25) is 4.79 Å². The molecule has 0 saturated heterocycles. The number of hydrogen-bond acceptors (Lipinski definition) is 2. The summed E-state index contributed by atoms with van der Waals surface area (Å²) in [6, 6.07) is 20.9. The zero-order valence-electron chi connectivity index (χ0n) is 16.1. The SMILES string of the molecule is CC1(C)CC(=O)C2=C(C1)c1c(ccc3ccccc13)N[C@@H]2c1ccccc1Br. The van der Waals surface area contributed by atoms with Crippen molar-refractivity contribution in [2.75, 3.05) is 5.32 Å². The van der Waals surface area contributed by atoms with E-state index in [1.807, 2.05) is 18.2 Å². The fraction of sp³-hybridized carbons (Fsp3) is 0.240. The Hall–Kier alpha value is -2.39. The van der Waals surface area contributed by atoms with Crippen LogP contribution in [0.2, 0.25) is 0 Å². The van der Waals surface area contributed by atoms with Gasteiger partial charge in [-0.05, 0) is 45.9 Å². The molecule has 0 amide bonds. The first-order chi connectivity index (χ1) is 13.4. The fourth-order valence-electron chi connectivity index (χ4n) is 4.78. The number of hydrogen-bond donors (Lipinski definition) is 1. The third-order valence-corrected chi connectivity index (χ3v) is 6.68. The number of halogens is 1. The highest BCUT2D eigenvalue weighted by Crippen LogP contribution is 2.52. The summed E-state index contributed by atoms with van der Waals surface area (Å²) in [5.41, 5.74) is 5.56. The van der Waals surface area contributed by atoms with Gasteiger partial charge in [0, 0.05) is 27.7 Å². The zero-order chi connectivity index (χ0) is 19.5. The Bertz CT molecular complexity index is 1160. The summed E-state index contributed by atoms with van der Waals surface area (Å²) in [7, 11) is 0. The molecule has 3 aromatic carbocycles. The summed E-state index contributed by atoms with van der Waals surface area (Å²) in [5, 5.41) is 6.13. The fourth-order valence-corrected chi connectivity index (χ4v) is 5.29. The molecule has 3 aromatic rings. The number of ketones is 1. The van der Waals surface area contributed by atoms with E-state index in [0.29, 0.717) is 6.42 Å². The Kier molecular flexibility index (Phi) is 3.99. The lowest BCUT2D eigenvalue weighted by molar-refractivity contribution is -0.118. The summed E-state index contributed by atoms with van der Waals surface area (Å²) in [6.07, 6.45) is 1.51. The number of carbonyl (C=O) groups excluding carboxylic acids is 1. The number of Topliss-reactive ketones (excluding diaryl/α,β-unsaturated/α-hetero) is 1. The van der Waals surface area contributed by atoms with Gasteiger partial charge in [0.15, 0.2) is 5.78 Å². The van der Waals surface area contributed by atoms with Gasteiger partial charge >= 0.3 is 0 Å². The van der Waals surface area contributed by atoms with Crippen molar-refractivity contribution in [1.82, 2.24) is 0 Å². The number of allylic oxidation sites excluding steroid dienone is 1. The standard InChI is InChI=1S/C25H22BrNO/c1-25(2)13-18-22-16-8-4-3-7-15(16)11-12-20(22)27-24(23(18)21(28)14-25)17-9-5-6-10-19(17)26/h3-12,24,27H,13-14H2,1-2H3/t24-/m1/s1. The second-order valence-corrected chi connectivity index (χ2v) is 9.50. The van der Waals surface area contributed by atoms with Crippen molar-refractivity contribution in [1.29, 1.82) is 0 Å². The lowest BCUT2D eigenvalue weighted by Gasteiger charge is -2.40. The molecule has 0 unspecified atom stereocenters. The largest absolute Gasteiger partial charge is 0.373 e. The molecule has 0 bridgehead atoms. The highest BCUT2D eigenvalue weighted by molar-refractivity contribution is 9.10. The number of nitrogens with one attached hydrogen (secondary N) is 1. The first-order valence-electron chi connectivity index (χ1n) is 9.74. The molecule has 0 radical (unpaired) electrons. The first-order valence-corrected chi connectivity index (χ1v) is 10.5. The van der Waals surface area contributed by atoms with E-state index in [-0.39, 0.29) is 17.2 Å². The van der Waals surface area contributed by atoms with E-state index >= 15 is 0 Å². The maximum atomic E-state index is 13.4. The molecule has 1 atom stereocenters. The van der Waals surface area contributed by atoms with Crippen LogP contribution in [0.15, 0.2) is 70.7 Å². The minimum Gasteiger partial charge on any atom is -0.373 e. The predicted octanol–water partition coefficient (Wildman–Crippen LogP) is 6.91. The maximum Gasteiger partial charge on any atom is 0.162 e. The van der Waals surface area contributed by atoms with E-state index in [9.17, 15) is 4.79 Å². The Balaban J connectivity index is 1.83. The molecule has 5 rings (SSSR count). The molecular formula is C25H22BrNO. The lowest BCUT2D eigenvalue weighted by Crippen LogP contribution is -2.33. The van der Waals surface area contributed by atoms with Gasteiger partial charge in [0.25, 0.3) is 0 Å². The van der Waals surface area contributed by atoms with Gasteiger partial charge in [0.05, 0.1) is 6.04 Å². The average Bonchev–Trinajstić information content (AvgIpc) is 2.66. The summed E-state index contributed by atoms with van der Waals surface area (Å²) >= 11 is 3.70. The highest BCUT2D eigenvalue weighted by atomic mass is 79.9. The molecule has 140 valence electrons. The van der Waals surface area contributed by atoms with Crippen molar-refractivity contribution in [2.24, 2.45) is 5.41 Å². The summed E-state index contributed by atoms with van der Waals surface area (Å²) < 4.78 is 1.03. The van der Waals surface area contributed by atoms with E-state index in [0.717, 1.165) is 27.7 Å². The van der Waals surface area contributed by atoms with E-state index in [4.69, 9.17) is 0 Å². The average molecular weight is 432 g/mol. The van der Waals surface area contributed by atoms with Crippen molar-refractivity contribution in [3.63, 3.8) is 0 Å². The molecular weight excluding hydrogens is 410 g/mol. The van der Waals surface area contributed by atoms with Crippen LogP contribution in [0.1, 0.15) is 43.9 Å². The van der Waals surface area contributed by atoms with Gasteiger partial charge in [0.1, 0.15) is 0 Å². The maximum absolute atomic E-state index is 13.4. The van der Waals surface area contributed by atoms with Crippen molar-refractivity contribution >= 4 is 43.7 Å². The number of rotatable bonds is 1. The van der Waals surface area contributed by atoms with Crippen molar-refractivity contribution in [3.8, 4) is 0 Å². The topological polar surface area (TPSA) is 29.1 Å². The normalized spacial score (nSPS) is 20.5. The second-order valence-electron chi connectivity index (χ2n) is 8.64. The molecule has 3 heteroatoms. The Labute approximate surface area is 173 Å². The summed E-state index contributed by atoms with van der Waals surface area (Å²) in [6.45, 7) is 4.41. The smallest absolute Gasteiger partial charge is 0.162 e. The molecule has 2 nitrogen and oxygen atoms in total. The van der Waals surface area contributed by atoms with E-state index in [2.05, 4.69) is 77.6 Å². The van der Waals surface area contributed by atoms with E-state index in [1.54, 1.807) is 0 Å². The molecule has 28 heavy (non-hydrogen) atoms. The predicted molar refractivity (Wildman–Crippen MR) is 119 cm³/mol.